The minimum Gasteiger partial charge on any atom is -0.316 e. The Labute approximate surface area is 106 Å². The zero-order valence-corrected chi connectivity index (χ0v) is 12.1. The van der Waals surface area contributed by atoms with E-state index < -0.39 is 9.84 Å². The summed E-state index contributed by atoms with van der Waals surface area (Å²) in [5, 5.41) is 3.02. The molecule has 1 aliphatic carbocycles. The van der Waals surface area contributed by atoms with Crippen molar-refractivity contribution < 1.29 is 8.42 Å². The van der Waals surface area contributed by atoms with E-state index in [1.165, 1.54) is 38.5 Å². The molecule has 0 radical (unpaired) electrons. The van der Waals surface area contributed by atoms with Gasteiger partial charge in [-0.05, 0) is 32.7 Å². The number of nitrogens with one attached hydrogen (secondary N) is 1. The van der Waals surface area contributed by atoms with Gasteiger partial charge in [0, 0.05) is 6.54 Å². The molecule has 0 aliphatic heterocycles. The second-order valence-electron chi connectivity index (χ2n) is 5.46. The zero-order valence-electron chi connectivity index (χ0n) is 11.2. The molecule has 0 bridgehead atoms. The van der Waals surface area contributed by atoms with E-state index in [4.69, 9.17) is 0 Å². The smallest absolute Gasteiger partial charge is 0.153 e. The third-order valence-electron chi connectivity index (χ3n) is 3.74. The van der Waals surface area contributed by atoms with Crippen LogP contribution in [0.3, 0.4) is 0 Å². The maximum atomic E-state index is 11.6. The molecule has 1 N–H and O–H groups in total. The van der Waals surface area contributed by atoms with Gasteiger partial charge in [-0.15, -0.1) is 0 Å². The van der Waals surface area contributed by atoms with Crippen LogP contribution in [0.15, 0.2) is 0 Å². The number of hydrogen-bond acceptors (Lipinski definition) is 3. The van der Waals surface area contributed by atoms with Gasteiger partial charge in [-0.25, -0.2) is 8.42 Å². The summed E-state index contributed by atoms with van der Waals surface area (Å²) in [5.41, 5.74) is 0. The summed E-state index contributed by atoms with van der Waals surface area (Å²) >= 11 is 0. The molecule has 1 fully saturated rings. The fraction of sp³-hybridized carbons (Fsp3) is 1.00. The quantitative estimate of drug-likeness (QED) is 0.716. The molecular formula is C13H27NO2S. The molecule has 0 saturated heterocycles. The molecule has 1 rings (SSSR count). The van der Waals surface area contributed by atoms with Crippen LogP contribution in [0.25, 0.3) is 0 Å². The van der Waals surface area contributed by atoms with Crippen molar-refractivity contribution in [3.05, 3.63) is 0 Å². The first-order valence-corrected chi connectivity index (χ1v) is 8.66. The van der Waals surface area contributed by atoms with Gasteiger partial charge in [0.15, 0.2) is 9.84 Å². The minimum absolute atomic E-state index is 0.248. The number of rotatable bonds is 7. The van der Waals surface area contributed by atoms with Gasteiger partial charge < -0.3 is 5.32 Å². The summed E-state index contributed by atoms with van der Waals surface area (Å²) in [7, 11) is -2.87. The molecule has 0 unspecified atom stereocenters. The Balaban J connectivity index is 2.04. The summed E-state index contributed by atoms with van der Waals surface area (Å²) in [6, 6.07) is 0. The second kappa shape index (κ2) is 7.37. The van der Waals surface area contributed by atoms with Gasteiger partial charge >= 0.3 is 0 Å². The molecule has 0 aromatic carbocycles. The molecule has 1 aliphatic rings. The van der Waals surface area contributed by atoms with E-state index in [0.717, 1.165) is 12.5 Å². The van der Waals surface area contributed by atoms with Gasteiger partial charge in [0.1, 0.15) is 0 Å². The third kappa shape index (κ3) is 5.87. The Hall–Kier alpha value is -0.0900. The van der Waals surface area contributed by atoms with Gasteiger partial charge in [-0.3, -0.25) is 0 Å². The van der Waals surface area contributed by atoms with Crippen molar-refractivity contribution in [3.8, 4) is 0 Å². The molecule has 1 saturated carbocycles. The van der Waals surface area contributed by atoms with Crippen molar-refractivity contribution in [1.82, 2.24) is 5.32 Å². The first-order chi connectivity index (χ1) is 8.02. The first kappa shape index (κ1) is 15.0. The van der Waals surface area contributed by atoms with E-state index in [1.807, 2.05) is 0 Å². The summed E-state index contributed by atoms with van der Waals surface area (Å²) in [4.78, 5) is 0. The molecule has 0 atom stereocenters. The average Bonchev–Trinajstić information content (AvgIpc) is 2.29. The van der Waals surface area contributed by atoms with Crippen LogP contribution in [-0.2, 0) is 9.84 Å². The van der Waals surface area contributed by atoms with E-state index >= 15 is 0 Å². The summed E-state index contributed by atoms with van der Waals surface area (Å²) < 4.78 is 23.1. The van der Waals surface area contributed by atoms with Crippen LogP contribution < -0.4 is 5.32 Å². The first-order valence-electron chi connectivity index (χ1n) is 6.94. The van der Waals surface area contributed by atoms with Crippen molar-refractivity contribution in [3.63, 3.8) is 0 Å². The highest BCUT2D eigenvalue weighted by atomic mass is 32.2. The number of sulfone groups is 1. The van der Waals surface area contributed by atoms with Gasteiger partial charge in [0.05, 0.1) is 11.0 Å². The van der Waals surface area contributed by atoms with Crippen LogP contribution in [0.1, 0.15) is 52.4 Å². The lowest BCUT2D eigenvalue weighted by molar-refractivity contribution is 0.335. The maximum Gasteiger partial charge on any atom is 0.153 e. The predicted molar refractivity (Wildman–Crippen MR) is 73.0 cm³/mol. The Bertz CT molecular complexity index is 293. The van der Waals surface area contributed by atoms with Gasteiger partial charge in [0.2, 0.25) is 0 Å². The van der Waals surface area contributed by atoms with E-state index in [-0.39, 0.29) is 11.0 Å². The zero-order chi connectivity index (χ0) is 12.7. The van der Waals surface area contributed by atoms with Gasteiger partial charge in [-0.2, -0.15) is 0 Å². The van der Waals surface area contributed by atoms with E-state index in [9.17, 15) is 8.42 Å². The fourth-order valence-electron chi connectivity index (χ4n) is 2.36. The van der Waals surface area contributed by atoms with Crippen molar-refractivity contribution in [2.24, 2.45) is 5.92 Å². The molecule has 4 heteroatoms. The van der Waals surface area contributed by atoms with Crippen LogP contribution >= 0.6 is 0 Å². The highest BCUT2D eigenvalue weighted by Gasteiger charge is 2.15. The van der Waals surface area contributed by atoms with Crippen molar-refractivity contribution in [2.75, 3.05) is 18.8 Å². The predicted octanol–water partition coefficient (Wildman–Crippen LogP) is 2.37. The average molecular weight is 261 g/mol. The van der Waals surface area contributed by atoms with E-state index in [2.05, 4.69) is 5.32 Å². The van der Waals surface area contributed by atoms with Crippen LogP contribution in [0.2, 0.25) is 0 Å². The second-order valence-corrected chi connectivity index (χ2v) is 8.14. The molecular weight excluding hydrogens is 234 g/mol. The maximum absolute atomic E-state index is 11.6. The Morgan fingerprint density at radius 3 is 2.35 bits per heavy atom. The van der Waals surface area contributed by atoms with Crippen molar-refractivity contribution in [1.29, 1.82) is 0 Å². The molecule has 0 aromatic heterocycles. The standard InChI is InChI=1S/C13H27NO2S/c1-12(2)17(15,16)11-10-14-9-8-13-6-4-3-5-7-13/h12-14H,3-11H2,1-2H3. The Morgan fingerprint density at radius 2 is 1.76 bits per heavy atom. The number of hydrogen-bond donors (Lipinski definition) is 1. The summed E-state index contributed by atoms with van der Waals surface area (Å²) in [6.07, 6.45) is 8.11. The normalized spacial score (nSPS) is 18.8. The van der Waals surface area contributed by atoms with Crippen LogP contribution in [0, 0.1) is 5.92 Å². The summed E-state index contributed by atoms with van der Waals surface area (Å²) in [6.45, 7) is 5.07. The molecule has 102 valence electrons. The fourth-order valence-corrected chi connectivity index (χ4v) is 3.26. The van der Waals surface area contributed by atoms with Crippen molar-refractivity contribution >= 4 is 9.84 Å². The van der Waals surface area contributed by atoms with E-state index in [0.29, 0.717) is 6.54 Å². The lowest BCUT2D eigenvalue weighted by Gasteiger charge is -2.21. The molecule has 0 heterocycles. The largest absolute Gasteiger partial charge is 0.316 e. The van der Waals surface area contributed by atoms with Crippen LogP contribution in [0.4, 0.5) is 0 Å². The third-order valence-corrected chi connectivity index (χ3v) is 5.95. The lowest BCUT2D eigenvalue weighted by atomic mass is 9.87. The summed E-state index contributed by atoms with van der Waals surface area (Å²) in [5.74, 6) is 1.15. The SMILES string of the molecule is CC(C)S(=O)(=O)CCNCCC1CCCCC1. The topological polar surface area (TPSA) is 46.2 Å². The van der Waals surface area contributed by atoms with Gasteiger partial charge in [-0.1, -0.05) is 32.1 Å². The highest BCUT2D eigenvalue weighted by Crippen LogP contribution is 2.25. The van der Waals surface area contributed by atoms with Crippen molar-refractivity contribution in [2.45, 2.75) is 57.6 Å². The van der Waals surface area contributed by atoms with E-state index in [1.54, 1.807) is 13.8 Å². The molecule has 3 nitrogen and oxygen atoms in total. The molecule has 17 heavy (non-hydrogen) atoms. The Morgan fingerprint density at radius 1 is 1.12 bits per heavy atom. The minimum atomic E-state index is -2.87. The Kier molecular flexibility index (Phi) is 6.49. The van der Waals surface area contributed by atoms with Crippen LogP contribution in [-0.4, -0.2) is 32.5 Å². The monoisotopic (exact) mass is 261 g/mol. The highest BCUT2D eigenvalue weighted by molar-refractivity contribution is 7.92. The van der Waals surface area contributed by atoms with Gasteiger partial charge in [0.25, 0.3) is 0 Å². The molecule has 0 aromatic rings. The lowest BCUT2D eigenvalue weighted by Crippen LogP contribution is -2.28. The molecule has 0 amide bonds. The van der Waals surface area contributed by atoms with Crippen LogP contribution in [0.5, 0.6) is 0 Å². The molecule has 0 spiro atoms.